The third kappa shape index (κ3) is 3.88. The van der Waals surface area contributed by atoms with Gasteiger partial charge in [-0.2, -0.15) is 0 Å². The van der Waals surface area contributed by atoms with Crippen LogP contribution in [-0.4, -0.2) is 20.2 Å². The van der Waals surface area contributed by atoms with Gasteiger partial charge < -0.3 is 5.32 Å². The lowest BCUT2D eigenvalue weighted by molar-refractivity contribution is 0.463. The highest BCUT2D eigenvalue weighted by atomic mass is 32.2. The van der Waals surface area contributed by atoms with Gasteiger partial charge in [0.2, 0.25) is 10.0 Å². The number of para-hydroxylation sites is 1. The van der Waals surface area contributed by atoms with Crippen LogP contribution in [0.2, 0.25) is 0 Å². The Labute approximate surface area is 122 Å². The fraction of sp³-hybridized carbons (Fsp3) is 0.600. The molecule has 0 aromatic heterocycles. The lowest BCUT2D eigenvalue weighted by atomic mass is 9.98. The van der Waals surface area contributed by atoms with Crippen molar-refractivity contribution in [3.05, 3.63) is 23.8 Å². The van der Waals surface area contributed by atoms with Crippen molar-refractivity contribution in [1.82, 2.24) is 0 Å². The van der Waals surface area contributed by atoms with E-state index >= 15 is 0 Å². The number of fused-ring (bicyclic) bond motifs is 1. The molecular weight excluding hydrogens is 272 g/mol. The van der Waals surface area contributed by atoms with Crippen molar-refractivity contribution < 1.29 is 8.42 Å². The van der Waals surface area contributed by atoms with E-state index in [0.717, 1.165) is 18.5 Å². The largest absolute Gasteiger partial charge is 0.381 e. The molecule has 2 N–H and O–H groups in total. The summed E-state index contributed by atoms with van der Waals surface area (Å²) in [5.74, 6) is 0.110. The smallest absolute Gasteiger partial charge is 0.233 e. The Kier molecular flexibility index (Phi) is 4.00. The van der Waals surface area contributed by atoms with Gasteiger partial charge in [-0.25, -0.2) is 8.42 Å². The van der Waals surface area contributed by atoms with E-state index in [0.29, 0.717) is 11.7 Å². The average Bonchev–Trinajstić information content (AvgIpc) is 2.26. The monoisotopic (exact) mass is 296 g/mol. The molecular formula is C15H24N2O2S. The summed E-state index contributed by atoms with van der Waals surface area (Å²) in [5, 5.41) is 3.39. The molecule has 1 aliphatic rings. The molecule has 4 nitrogen and oxygen atoms in total. The average molecular weight is 296 g/mol. The molecule has 0 bridgehead atoms. The highest BCUT2D eigenvalue weighted by Crippen LogP contribution is 2.33. The Bertz CT molecular complexity index is 588. The molecule has 0 saturated heterocycles. The Balaban J connectivity index is 2.27. The van der Waals surface area contributed by atoms with E-state index in [2.05, 4.69) is 23.0 Å². The van der Waals surface area contributed by atoms with E-state index in [1.807, 2.05) is 32.9 Å². The molecule has 0 aliphatic carbocycles. The highest BCUT2D eigenvalue weighted by Gasteiger charge is 2.24. The van der Waals surface area contributed by atoms with Gasteiger partial charge in [-0.05, 0) is 36.8 Å². The van der Waals surface area contributed by atoms with E-state index in [-0.39, 0.29) is 11.2 Å². The second-order valence-electron chi connectivity index (χ2n) is 6.85. The van der Waals surface area contributed by atoms with E-state index in [4.69, 9.17) is 0 Å². The van der Waals surface area contributed by atoms with Gasteiger partial charge in [0.1, 0.15) is 0 Å². The maximum atomic E-state index is 12.2. The van der Waals surface area contributed by atoms with Gasteiger partial charge >= 0.3 is 0 Å². The van der Waals surface area contributed by atoms with Crippen molar-refractivity contribution in [2.24, 2.45) is 5.41 Å². The fourth-order valence-electron chi connectivity index (χ4n) is 2.53. The lowest BCUT2D eigenvalue weighted by Crippen LogP contribution is -2.28. The first kappa shape index (κ1) is 15.2. The zero-order valence-corrected chi connectivity index (χ0v) is 13.5. The molecule has 1 aromatic carbocycles. The van der Waals surface area contributed by atoms with Crippen LogP contribution in [0.5, 0.6) is 0 Å². The molecule has 1 unspecified atom stereocenters. The van der Waals surface area contributed by atoms with Crippen LogP contribution in [0.25, 0.3) is 0 Å². The molecule has 0 radical (unpaired) electrons. The molecule has 1 atom stereocenters. The van der Waals surface area contributed by atoms with Crippen molar-refractivity contribution in [3.63, 3.8) is 0 Å². The van der Waals surface area contributed by atoms with Gasteiger partial charge in [-0.1, -0.05) is 32.9 Å². The molecule has 5 heteroatoms. The van der Waals surface area contributed by atoms with Crippen LogP contribution >= 0.6 is 0 Å². The van der Waals surface area contributed by atoms with Gasteiger partial charge in [0.15, 0.2) is 0 Å². The van der Waals surface area contributed by atoms with Crippen LogP contribution in [0.1, 0.15) is 39.7 Å². The van der Waals surface area contributed by atoms with Gasteiger partial charge in [-0.3, -0.25) is 4.72 Å². The third-order valence-electron chi connectivity index (χ3n) is 3.28. The topological polar surface area (TPSA) is 58.2 Å². The Morgan fingerprint density at radius 3 is 2.70 bits per heavy atom. The number of hydrogen-bond acceptors (Lipinski definition) is 3. The van der Waals surface area contributed by atoms with Crippen molar-refractivity contribution >= 4 is 21.4 Å². The van der Waals surface area contributed by atoms with Crippen LogP contribution in [0.15, 0.2) is 18.2 Å². The van der Waals surface area contributed by atoms with E-state index in [1.54, 1.807) is 0 Å². The summed E-state index contributed by atoms with van der Waals surface area (Å²) in [6, 6.07) is 6.15. The molecule has 1 aromatic rings. The summed E-state index contributed by atoms with van der Waals surface area (Å²) >= 11 is 0. The predicted octanol–water partition coefficient (Wildman–Crippen LogP) is 3.22. The fourth-order valence-corrected chi connectivity index (χ4v) is 4.25. The van der Waals surface area contributed by atoms with Crippen molar-refractivity contribution in [2.75, 3.05) is 15.8 Å². The minimum Gasteiger partial charge on any atom is -0.381 e. The summed E-state index contributed by atoms with van der Waals surface area (Å²) in [4.78, 5) is 0. The number of aryl methyl sites for hydroxylation is 1. The third-order valence-corrected chi connectivity index (χ3v) is 5.05. The normalized spacial score (nSPS) is 19.1. The Morgan fingerprint density at radius 1 is 1.35 bits per heavy atom. The van der Waals surface area contributed by atoms with E-state index < -0.39 is 10.0 Å². The molecule has 2 rings (SSSR count). The standard InChI is InChI=1S/C15H24N2O2S/c1-11-8-9-12-6-5-7-13(14(12)16-11)17-20(18,19)10-15(2,3)4/h5-7,11,16-17H,8-10H2,1-4H3. The second kappa shape index (κ2) is 5.28. The zero-order valence-electron chi connectivity index (χ0n) is 12.7. The van der Waals surface area contributed by atoms with E-state index in [9.17, 15) is 8.42 Å². The van der Waals surface area contributed by atoms with E-state index in [1.165, 1.54) is 5.56 Å². The SMILES string of the molecule is CC1CCc2cccc(NS(=O)(=O)CC(C)(C)C)c2N1. The summed E-state index contributed by atoms with van der Waals surface area (Å²) in [5.41, 5.74) is 2.52. The molecule has 0 spiro atoms. The van der Waals surface area contributed by atoms with Gasteiger partial charge in [0.25, 0.3) is 0 Å². The van der Waals surface area contributed by atoms with Crippen LogP contribution in [0, 0.1) is 5.41 Å². The number of anilines is 2. The minimum atomic E-state index is -3.33. The molecule has 20 heavy (non-hydrogen) atoms. The van der Waals surface area contributed by atoms with Crippen LogP contribution < -0.4 is 10.0 Å². The molecule has 1 aliphatic heterocycles. The number of hydrogen-bond donors (Lipinski definition) is 2. The molecule has 0 amide bonds. The minimum absolute atomic E-state index is 0.110. The molecule has 0 fully saturated rings. The van der Waals surface area contributed by atoms with Crippen LogP contribution in [0.4, 0.5) is 11.4 Å². The molecule has 1 heterocycles. The summed E-state index contributed by atoms with van der Waals surface area (Å²) in [7, 11) is -3.33. The molecule has 112 valence electrons. The Hall–Kier alpha value is -1.23. The van der Waals surface area contributed by atoms with Gasteiger partial charge in [0.05, 0.1) is 17.1 Å². The highest BCUT2D eigenvalue weighted by molar-refractivity contribution is 7.92. The first-order valence-electron chi connectivity index (χ1n) is 7.05. The quantitative estimate of drug-likeness (QED) is 0.900. The van der Waals surface area contributed by atoms with Crippen molar-refractivity contribution in [3.8, 4) is 0 Å². The maximum absolute atomic E-state index is 12.2. The number of rotatable bonds is 3. The summed E-state index contributed by atoms with van der Waals surface area (Å²) in [6.45, 7) is 7.89. The lowest BCUT2D eigenvalue weighted by Gasteiger charge is -2.27. The predicted molar refractivity (Wildman–Crippen MR) is 84.7 cm³/mol. The van der Waals surface area contributed by atoms with Gasteiger partial charge in [0, 0.05) is 6.04 Å². The van der Waals surface area contributed by atoms with Crippen LogP contribution in [-0.2, 0) is 16.4 Å². The first-order valence-corrected chi connectivity index (χ1v) is 8.70. The number of benzene rings is 1. The summed E-state index contributed by atoms with van der Waals surface area (Å²) < 4.78 is 27.2. The maximum Gasteiger partial charge on any atom is 0.233 e. The summed E-state index contributed by atoms with van der Waals surface area (Å²) in [6.07, 6.45) is 2.06. The number of nitrogens with one attached hydrogen (secondary N) is 2. The second-order valence-corrected chi connectivity index (χ2v) is 8.57. The van der Waals surface area contributed by atoms with Gasteiger partial charge in [-0.15, -0.1) is 0 Å². The zero-order chi connectivity index (χ0) is 15.0. The Morgan fingerprint density at radius 2 is 2.05 bits per heavy atom. The molecule has 0 saturated carbocycles. The van der Waals surface area contributed by atoms with Crippen LogP contribution in [0.3, 0.4) is 0 Å². The van der Waals surface area contributed by atoms with Crippen molar-refractivity contribution in [2.45, 2.75) is 46.6 Å². The van der Waals surface area contributed by atoms with Crippen molar-refractivity contribution in [1.29, 1.82) is 0 Å². The number of sulfonamides is 1. The first-order chi connectivity index (χ1) is 9.16.